The van der Waals surface area contributed by atoms with Crippen LogP contribution < -0.4 is 5.73 Å². The fourth-order valence-electron chi connectivity index (χ4n) is 1.04. The first kappa shape index (κ1) is 11.5. The molecule has 0 aliphatic heterocycles. The molecule has 0 saturated heterocycles. The maximum absolute atomic E-state index is 12.4. The monoisotopic (exact) mass is 267 g/mol. The lowest BCUT2D eigenvalue weighted by Crippen LogP contribution is -2.10. The first-order chi connectivity index (χ1) is 6.32. The van der Waals surface area contributed by atoms with E-state index in [1.165, 1.54) is 6.07 Å². The largest absolute Gasteiger partial charge is 0.417 e. The van der Waals surface area contributed by atoms with Gasteiger partial charge in [-0.05, 0) is 24.6 Å². The van der Waals surface area contributed by atoms with E-state index >= 15 is 0 Å². The second kappa shape index (κ2) is 3.90. The molecule has 2 N–H and O–H groups in total. The fraction of sp³-hybridized carbons (Fsp3) is 0.333. The quantitative estimate of drug-likeness (QED) is 0.828. The Kier molecular flexibility index (Phi) is 3.21. The molecule has 1 aromatic rings. The van der Waals surface area contributed by atoms with E-state index in [9.17, 15) is 13.2 Å². The van der Waals surface area contributed by atoms with Gasteiger partial charge in [-0.25, -0.2) is 0 Å². The zero-order chi connectivity index (χ0) is 10.9. The number of benzene rings is 1. The SMILES string of the molecule is CC(N)c1ccc(Br)c(C(F)(F)F)c1. The van der Waals surface area contributed by atoms with Crippen LogP contribution in [0.2, 0.25) is 0 Å². The molecular weight excluding hydrogens is 259 g/mol. The Morgan fingerprint density at radius 2 is 1.93 bits per heavy atom. The van der Waals surface area contributed by atoms with E-state index in [-0.39, 0.29) is 4.47 Å². The molecule has 1 unspecified atom stereocenters. The van der Waals surface area contributed by atoms with Gasteiger partial charge in [0.25, 0.3) is 0 Å². The van der Waals surface area contributed by atoms with Crippen molar-refractivity contribution in [3.8, 4) is 0 Å². The number of alkyl halides is 3. The highest BCUT2D eigenvalue weighted by atomic mass is 79.9. The van der Waals surface area contributed by atoms with Crippen molar-refractivity contribution in [1.82, 2.24) is 0 Å². The summed E-state index contributed by atoms with van der Waals surface area (Å²) in [7, 11) is 0. The minimum atomic E-state index is -4.34. The minimum Gasteiger partial charge on any atom is -0.324 e. The van der Waals surface area contributed by atoms with E-state index in [2.05, 4.69) is 15.9 Å². The van der Waals surface area contributed by atoms with E-state index in [0.717, 1.165) is 6.07 Å². The van der Waals surface area contributed by atoms with Crippen LogP contribution in [0.5, 0.6) is 0 Å². The topological polar surface area (TPSA) is 26.0 Å². The van der Waals surface area contributed by atoms with Gasteiger partial charge in [0.2, 0.25) is 0 Å². The Balaban J connectivity index is 3.22. The van der Waals surface area contributed by atoms with Crippen molar-refractivity contribution in [1.29, 1.82) is 0 Å². The summed E-state index contributed by atoms with van der Waals surface area (Å²) in [4.78, 5) is 0. The van der Waals surface area contributed by atoms with Crippen LogP contribution >= 0.6 is 15.9 Å². The van der Waals surface area contributed by atoms with Crippen molar-refractivity contribution in [3.05, 3.63) is 33.8 Å². The van der Waals surface area contributed by atoms with Crippen LogP contribution in [0.15, 0.2) is 22.7 Å². The van der Waals surface area contributed by atoms with Gasteiger partial charge in [0.1, 0.15) is 0 Å². The average molecular weight is 268 g/mol. The standard InChI is InChI=1S/C9H9BrF3N/c1-5(14)6-2-3-8(10)7(4-6)9(11,12)13/h2-5H,14H2,1H3. The molecule has 0 amide bonds. The van der Waals surface area contributed by atoms with Gasteiger partial charge in [0, 0.05) is 10.5 Å². The van der Waals surface area contributed by atoms with Crippen molar-refractivity contribution >= 4 is 15.9 Å². The molecule has 14 heavy (non-hydrogen) atoms. The lowest BCUT2D eigenvalue weighted by Gasteiger charge is -2.12. The molecule has 0 aliphatic carbocycles. The summed E-state index contributed by atoms with van der Waals surface area (Å²) in [6.45, 7) is 1.64. The molecule has 0 fully saturated rings. The highest BCUT2D eigenvalue weighted by molar-refractivity contribution is 9.10. The van der Waals surface area contributed by atoms with E-state index in [0.29, 0.717) is 5.56 Å². The van der Waals surface area contributed by atoms with Gasteiger partial charge in [-0.15, -0.1) is 0 Å². The summed E-state index contributed by atoms with van der Waals surface area (Å²) in [6, 6.07) is 3.60. The number of hydrogen-bond donors (Lipinski definition) is 1. The summed E-state index contributed by atoms with van der Waals surface area (Å²) in [5.41, 5.74) is 5.28. The first-order valence-corrected chi connectivity index (χ1v) is 4.74. The summed E-state index contributed by atoms with van der Waals surface area (Å²) in [6.07, 6.45) is -4.34. The maximum Gasteiger partial charge on any atom is 0.417 e. The van der Waals surface area contributed by atoms with Gasteiger partial charge in [0.05, 0.1) is 5.56 Å². The van der Waals surface area contributed by atoms with E-state index in [4.69, 9.17) is 5.73 Å². The molecule has 0 radical (unpaired) electrons. The van der Waals surface area contributed by atoms with Crippen LogP contribution in [0.25, 0.3) is 0 Å². The minimum absolute atomic E-state index is 0.0365. The van der Waals surface area contributed by atoms with Crippen LogP contribution in [0.4, 0.5) is 13.2 Å². The lowest BCUT2D eigenvalue weighted by molar-refractivity contribution is -0.138. The molecule has 1 aromatic carbocycles. The lowest BCUT2D eigenvalue weighted by atomic mass is 10.1. The highest BCUT2D eigenvalue weighted by Crippen LogP contribution is 2.35. The van der Waals surface area contributed by atoms with Gasteiger partial charge in [-0.2, -0.15) is 13.2 Å². The Labute approximate surface area is 88.2 Å². The molecule has 0 aliphatic rings. The second-order valence-electron chi connectivity index (χ2n) is 3.03. The Morgan fingerprint density at radius 3 is 2.36 bits per heavy atom. The van der Waals surface area contributed by atoms with Gasteiger partial charge in [0.15, 0.2) is 0 Å². The number of hydrogen-bond acceptors (Lipinski definition) is 1. The normalized spacial score (nSPS) is 14.1. The number of nitrogens with two attached hydrogens (primary N) is 1. The molecular formula is C9H9BrF3N. The average Bonchev–Trinajstić information content (AvgIpc) is 2.02. The van der Waals surface area contributed by atoms with Crippen LogP contribution in [0, 0.1) is 0 Å². The Morgan fingerprint density at radius 1 is 1.36 bits per heavy atom. The zero-order valence-electron chi connectivity index (χ0n) is 7.40. The summed E-state index contributed by atoms with van der Waals surface area (Å²) < 4.78 is 37.3. The van der Waals surface area contributed by atoms with Crippen molar-refractivity contribution in [2.45, 2.75) is 19.1 Å². The van der Waals surface area contributed by atoms with Crippen LogP contribution in [0.1, 0.15) is 24.1 Å². The summed E-state index contributed by atoms with van der Waals surface area (Å²) in [5.74, 6) is 0. The summed E-state index contributed by atoms with van der Waals surface area (Å²) >= 11 is 2.85. The predicted octanol–water partition coefficient (Wildman–Crippen LogP) is 3.49. The van der Waals surface area contributed by atoms with Crippen LogP contribution in [-0.4, -0.2) is 0 Å². The maximum atomic E-state index is 12.4. The van der Waals surface area contributed by atoms with Gasteiger partial charge < -0.3 is 5.73 Å². The van der Waals surface area contributed by atoms with E-state index in [1.54, 1.807) is 13.0 Å². The first-order valence-electron chi connectivity index (χ1n) is 3.94. The molecule has 1 atom stereocenters. The smallest absolute Gasteiger partial charge is 0.324 e. The fourth-order valence-corrected chi connectivity index (χ4v) is 1.51. The van der Waals surface area contributed by atoms with Crippen molar-refractivity contribution < 1.29 is 13.2 Å². The molecule has 0 heterocycles. The number of halogens is 4. The third kappa shape index (κ3) is 2.48. The molecule has 0 bridgehead atoms. The van der Waals surface area contributed by atoms with Crippen LogP contribution in [0.3, 0.4) is 0 Å². The third-order valence-corrected chi connectivity index (χ3v) is 2.51. The van der Waals surface area contributed by atoms with Crippen molar-refractivity contribution in [2.75, 3.05) is 0 Å². The van der Waals surface area contributed by atoms with Crippen molar-refractivity contribution in [3.63, 3.8) is 0 Å². The summed E-state index contributed by atoms with van der Waals surface area (Å²) in [5, 5.41) is 0. The van der Waals surface area contributed by atoms with Gasteiger partial charge in [-0.3, -0.25) is 0 Å². The zero-order valence-corrected chi connectivity index (χ0v) is 8.98. The Bertz CT molecular complexity index is 333. The molecule has 1 nitrogen and oxygen atoms in total. The molecule has 0 saturated carbocycles. The molecule has 78 valence electrons. The molecule has 5 heteroatoms. The highest BCUT2D eigenvalue weighted by Gasteiger charge is 2.33. The van der Waals surface area contributed by atoms with Crippen molar-refractivity contribution in [2.24, 2.45) is 5.73 Å². The molecule has 0 spiro atoms. The molecule has 0 aromatic heterocycles. The number of rotatable bonds is 1. The van der Waals surface area contributed by atoms with Gasteiger partial charge in [-0.1, -0.05) is 22.0 Å². The second-order valence-corrected chi connectivity index (χ2v) is 3.88. The van der Waals surface area contributed by atoms with E-state index in [1.807, 2.05) is 0 Å². The molecule has 1 rings (SSSR count). The van der Waals surface area contributed by atoms with E-state index < -0.39 is 17.8 Å². The third-order valence-electron chi connectivity index (χ3n) is 1.82. The van der Waals surface area contributed by atoms with Gasteiger partial charge >= 0.3 is 6.18 Å². The van der Waals surface area contributed by atoms with Crippen LogP contribution in [-0.2, 0) is 6.18 Å². The predicted molar refractivity (Wildman–Crippen MR) is 51.7 cm³/mol. The Hall–Kier alpha value is -0.550.